The minimum atomic E-state index is -0.864. The summed E-state index contributed by atoms with van der Waals surface area (Å²) in [6.07, 6.45) is 4.88. The smallest absolute Gasteiger partial charge is 0.237 e. The number of unbranched alkanes of at least 4 members (excludes halogenated alkanes) is 1. The highest BCUT2D eigenvalue weighted by atomic mass is 16.5. The van der Waals surface area contributed by atoms with Gasteiger partial charge in [-0.2, -0.15) is 0 Å². The van der Waals surface area contributed by atoms with Gasteiger partial charge < -0.3 is 21.1 Å². The highest BCUT2D eigenvalue weighted by Crippen LogP contribution is 2.15. The zero-order valence-electron chi connectivity index (χ0n) is 11.7. The summed E-state index contributed by atoms with van der Waals surface area (Å²) in [6, 6.07) is 0.638. The Kier molecular flexibility index (Phi) is 6.05. The van der Waals surface area contributed by atoms with Gasteiger partial charge in [-0.3, -0.25) is 4.79 Å². The van der Waals surface area contributed by atoms with Crippen molar-refractivity contribution < 1.29 is 9.53 Å². The third-order valence-electron chi connectivity index (χ3n) is 3.83. The predicted molar refractivity (Wildman–Crippen MR) is 72.1 cm³/mol. The lowest BCUT2D eigenvalue weighted by Gasteiger charge is -2.31. The van der Waals surface area contributed by atoms with Crippen LogP contribution in [0.5, 0.6) is 0 Å². The molecule has 1 rings (SSSR count). The molecule has 1 heterocycles. The molecular weight excluding hydrogens is 230 g/mol. The topological polar surface area (TPSA) is 81.6 Å². The van der Waals surface area contributed by atoms with Crippen molar-refractivity contribution in [1.82, 2.24) is 4.90 Å². The molecule has 4 N–H and O–H groups in total. The summed E-state index contributed by atoms with van der Waals surface area (Å²) < 4.78 is 5.35. The van der Waals surface area contributed by atoms with Crippen LogP contribution in [0.2, 0.25) is 0 Å². The molecule has 5 nitrogen and oxygen atoms in total. The Hall–Kier alpha value is -0.650. The maximum absolute atomic E-state index is 11.1. The molecule has 1 aliphatic rings. The maximum atomic E-state index is 11.1. The Balaban J connectivity index is 2.15. The predicted octanol–water partition coefficient (Wildman–Crippen LogP) is 0.470. The Bertz CT molecular complexity index is 263. The fourth-order valence-corrected chi connectivity index (χ4v) is 2.29. The van der Waals surface area contributed by atoms with E-state index in [4.69, 9.17) is 16.2 Å². The zero-order chi connectivity index (χ0) is 13.6. The number of carbonyl (C=O) groups excluding carboxylic acids is 1. The van der Waals surface area contributed by atoms with E-state index in [1.54, 1.807) is 6.92 Å². The summed E-state index contributed by atoms with van der Waals surface area (Å²) in [4.78, 5) is 13.5. The molecule has 0 radical (unpaired) electrons. The molecule has 0 aromatic carbocycles. The van der Waals surface area contributed by atoms with Crippen LogP contribution in [0.15, 0.2) is 0 Å². The lowest BCUT2D eigenvalue weighted by atomic mass is 9.95. The first-order valence-electron chi connectivity index (χ1n) is 6.80. The Labute approximate surface area is 110 Å². The molecule has 106 valence electrons. The number of hydrogen-bond donors (Lipinski definition) is 2. The second-order valence-corrected chi connectivity index (χ2v) is 5.56. The third-order valence-corrected chi connectivity index (χ3v) is 3.83. The van der Waals surface area contributed by atoms with Gasteiger partial charge in [0.1, 0.15) is 0 Å². The molecule has 0 aliphatic carbocycles. The van der Waals surface area contributed by atoms with E-state index in [0.717, 1.165) is 45.4 Å². The van der Waals surface area contributed by atoms with Gasteiger partial charge in [-0.25, -0.2) is 0 Å². The maximum Gasteiger partial charge on any atom is 0.237 e. The molecule has 1 unspecified atom stereocenters. The lowest BCUT2D eigenvalue weighted by Crippen LogP contribution is -2.49. The molecular formula is C13H27N3O2. The molecule has 1 atom stereocenters. The van der Waals surface area contributed by atoms with Crippen LogP contribution < -0.4 is 11.5 Å². The van der Waals surface area contributed by atoms with Crippen molar-refractivity contribution in [3.8, 4) is 0 Å². The van der Waals surface area contributed by atoms with Crippen LogP contribution >= 0.6 is 0 Å². The minimum absolute atomic E-state index is 0.416. The molecule has 1 fully saturated rings. The van der Waals surface area contributed by atoms with Gasteiger partial charge in [-0.15, -0.1) is 0 Å². The van der Waals surface area contributed by atoms with E-state index in [1.807, 2.05) is 0 Å². The molecule has 1 saturated heterocycles. The van der Waals surface area contributed by atoms with E-state index in [-0.39, 0.29) is 0 Å². The van der Waals surface area contributed by atoms with E-state index in [1.165, 1.54) is 0 Å². The second kappa shape index (κ2) is 7.07. The van der Waals surface area contributed by atoms with Crippen molar-refractivity contribution in [1.29, 1.82) is 0 Å². The first kappa shape index (κ1) is 15.4. The average Bonchev–Trinajstić information content (AvgIpc) is 2.35. The highest BCUT2D eigenvalue weighted by molar-refractivity contribution is 5.83. The Morgan fingerprint density at radius 2 is 2.00 bits per heavy atom. The summed E-state index contributed by atoms with van der Waals surface area (Å²) in [5, 5.41) is 0. The standard InChI is InChI=1S/C13H27N3O2/c1-13(15,12(14)17)7-3-4-8-16(2)11-5-9-18-10-6-11/h11H,3-10,15H2,1-2H3,(H2,14,17). The number of rotatable bonds is 7. The number of primary amides is 1. The summed E-state index contributed by atoms with van der Waals surface area (Å²) in [7, 11) is 2.16. The Morgan fingerprint density at radius 1 is 1.39 bits per heavy atom. The van der Waals surface area contributed by atoms with Crippen molar-refractivity contribution in [2.24, 2.45) is 11.5 Å². The second-order valence-electron chi connectivity index (χ2n) is 5.56. The quantitative estimate of drug-likeness (QED) is 0.650. The molecule has 18 heavy (non-hydrogen) atoms. The van der Waals surface area contributed by atoms with Gasteiger partial charge in [-0.05, 0) is 52.6 Å². The fourth-order valence-electron chi connectivity index (χ4n) is 2.29. The molecule has 5 heteroatoms. The van der Waals surface area contributed by atoms with E-state index in [9.17, 15) is 4.79 Å². The fraction of sp³-hybridized carbons (Fsp3) is 0.923. The van der Waals surface area contributed by atoms with Gasteiger partial charge >= 0.3 is 0 Å². The first-order chi connectivity index (χ1) is 8.43. The van der Waals surface area contributed by atoms with Crippen LogP contribution in [0.4, 0.5) is 0 Å². The molecule has 0 spiro atoms. The normalized spacial score (nSPS) is 20.9. The summed E-state index contributed by atoms with van der Waals surface area (Å²) in [5.41, 5.74) is 10.2. The highest BCUT2D eigenvalue weighted by Gasteiger charge is 2.25. The summed E-state index contributed by atoms with van der Waals surface area (Å²) >= 11 is 0. The molecule has 0 saturated carbocycles. The van der Waals surface area contributed by atoms with Crippen molar-refractivity contribution in [3.63, 3.8) is 0 Å². The van der Waals surface area contributed by atoms with Crippen molar-refractivity contribution >= 4 is 5.91 Å². The first-order valence-corrected chi connectivity index (χ1v) is 6.80. The van der Waals surface area contributed by atoms with Crippen LogP contribution in [0, 0.1) is 0 Å². The van der Waals surface area contributed by atoms with Gasteiger partial charge in [0, 0.05) is 19.3 Å². The number of nitrogens with two attached hydrogens (primary N) is 2. The van der Waals surface area contributed by atoms with Gasteiger partial charge in [0.25, 0.3) is 0 Å². The molecule has 0 aromatic heterocycles. The zero-order valence-corrected chi connectivity index (χ0v) is 11.7. The monoisotopic (exact) mass is 257 g/mol. The lowest BCUT2D eigenvalue weighted by molar-refractivity contribution is -0.122. The van der Waals surface area contributed by atoms with E-state index >= 15 is 0 Å². The Morgan fingerprint density at radius 3 is 2.56 bits per heavy atom. The van der Waals surface area contributed by atoms with Crippen molar-refractivity contribution in [2.45, 2.75) is 50.6 Å². The number of ether oxygens (including phenoxy) is 1. The number of carbonyl (C=O) groups is 1. The van der Waals surface area contributed by atoms with Crippen LogP contribution in [0.25, 0.3) is 0 Å². The van der Waals surface area contributed by atoms with Crippen LogP contribution in [-0.4, -0.2) is 49.2 Å². The molecule has 1 aliphatic heterocycles. The third kappa shape index (κ3) is 4.92. The number of amides is 1. The van der Waals surface area contributed by atoms with Crippen molar-refractivity contribution in [2.75, 3.05) is 26.8 Å². The van der Waals surface area contributed by atoms with Crippen LogP contribution in [0.3, 0.4) is 0 Å². The van der Waals surface area contributed by atoms with Crippen LogP contribution in [-0.2, 0) is 9.53 Å². The molecule has 0 bridgehead atoms. The SMILES string of the molecule is CN(CCCCC(C)(N)C(N)=O)C1CCOCC1. The van der Waals surface area contributed by atoms with Gasteiger partial charge in [0.15, 0.2) is 0 Å². The van der Waals surface area contributed by atoms with Gasteiger partial charge in [-0.1, -0.05) is 0 Å². The van der Waals surface area contributed by atoms with E-state index < -0.39 is 11.4 Å². The average molecular weight is 257 g/mol. The van der Waals surface area contributed by atoms with Crippen LogP contribution in [0.1, 0.15) is 39.0 Å². The van der Waals surface area contributed by atoms with E-state index in [2.05, 4.69) is 11.9 Å². The molecule has 1 amide bonds. The minimum Gasteiger partial charge on any atom is -0.381 e. The number of nitrogens with zero attached hydrogens (tertiary/aromatic N) is 1. The van der Waals surface area contributed by atoms with Crippen molar-refractivity contribution in [3.05, 3.63) is 0 Å². The van der Waals surface area contributed by atoms with Gasteiger partial charge in [0.05, 0.1) is 5.54 Å². The summed E-state index contributed by atoms with van der Waals surface area (Å²) in [5.74, 6) is -0.416. The van der Waals surface area contributed by atoms with Gasteiger partial charge in [0.2, 0.25) is 5.91 Å². The van der Waals surface area contributed by atoms with E-state index in [0.29, 0.717) is 12.5 Å². The summed E-state index contributed by atoms with van der Waals surface area (Å²) in [6.45, 7) is 4.49. The number of hydrogen-bond acceptors (Lipinski definition) is 4. The largest absolute Gasteiger partial charge is 0.381 e. The molecule has 0 aromatic rings.